The van der Waals surface area contributed by atoms with E-state index in [1.165, 1.54) is 11.3 Å². The van der Waals surface area contributed by atoms with E-state index in [2.05, 4.69) is 17.9 Å². The lowest BCUT2D eigenvalue weighted by atomic mass is 10.4. The van der Waals surface area contributed by atoms with Gasteiger partial charge in [-0.15, -0.1) is 11.3 Å². The van der Waals surface area contributed by atoms with Gasteiger partial charge in [-0.25, -0.2) is 0 Å². The van der Waals surface area contributed by atoms with Crippen LogP contribution in [0.5, 0.6) is 0 Å². The topological polar surface area (TPSA) is 29.1 Å². The van der Waals surface area contributed by atoms with E-state index in [0.717, 1.165) is 9.21 Å². The molecule has 72 valence electrons. The van der Waals surface area contributed by atoms with E-state index < -0.39 is 0 Å². The van der Waals surface area contributed by atoms with Gasteiger partial charge in [-0.05, 0) is 19.1 Å². The Bertz CT molecular complexity index is 298. The first kappa shape index (κ1) is 10.9. The molecular formula is C8H10ClNOS2. The molecule has 1 amide bonds. The number of thiol groups is 1. The number of nitrogens with one attached hydrogen (secondary N) is 1. The highest BCUT2D eigenvalue weighted by molar-refractivity contribution is 7.81. The van der Waals surface area contributed by atoms with Crippen molar-refractivity contribution in [3.8, 4) is 0 Å². The first-order chi connectivity index (χ1) is 6.09. The molecule has 0 spiro atoms. The molecule has 0 fully saturated rings. The maximum atomic E-state index is 11.1. The Morgan fingerprint density at radius 1 is 1.77 bits per heavy atom. The molecule has 0 aliphatic carbocycles. The fraction of sp³-hybridized carbons (Fsp3) is 0.375. The van der Waals surface area contributed by atoms with Crippen LogP contribution in [-0.2, 0) is 11.3 Å². The van der Waals surface area contributed by atoms with E-state index in [9.17, 15) is 4.79 Å². The standard InChI is InChI=1S/C8H10ClNOS2/c1-5(12)8(11)10-4-6-2-3-7(9)13-6/h2-3,5,12H,4H2,1H3,(H,10,11). The summed E-state index contributed by atoms with van der Waals surface area (Å²) in [4.78, 5) is 12.2. The van der Waals surface area contributed by atoms with E-state index in [1.807, 2.05) is 12.1 Å². The number of halogens is 1. The Morgan fingerprint density at radius 3 is 2.92 bits per heavy atom. The normalized spacial score (nSPS) is 12.5. The van der Waals surface area contributed by atoms with Gasteiger partial charge in [-0.3, -0.25) is 4.79 Å². The third-order valence-corrected chi connectivity index (χ3v) is 2.91. The maximum Gasteiger partial charge on any atom is 0.232 e. The lowest BCUT2D eigenvalue weighted by molar-refractivity contribution is -0.120. The molecule has 0 radical (unpaired) electrons. The zero-order valence-electron chi connectivity index (χ0n) is 7.08. The number of carbonyl (C=O) groups excluding carboxylic acids is 1. The quantitative estimate of drug-likeness (QED) is 0.774. The number of hydrogen-bond acceptors (Lipinski definition) is 3. The number of thiophene rings is 1. The summed E-state index contributed by atoms with van der Waals surface area (Å²) in [6, 6.07) is 3.72. The van der Waals surface area contributed by atoms with Gasteiger partial charge in [0.15, 0.2) is 0 Å². The van der Waals surface area contributed by atoms with Crippen LogP contribution in [-0.4, -0.2) is 11.2 Å². The van der Waals surface area contributed by atoms with Gasteiger partial charge in [-0.1, -0.05) is 11.6 Å². The first-order valence-electron chi connectivity index (χ1n) is 3.79. The summed E-state index contributed by atoms with van der Waals surface area (Å²) in [5.41, 5.74) is 0. The van der Waals surface area contributed by atoms with Crippen LogP contribution in [0.3, 0.4) is 0 Å². The number of rotatable bonds is 3. The van der Waals surface area contributed by atoms with Crippen LogP contribution in [0.25, 0.3) is 0 Å². The molecule has 1 N–H and O–H groups in total. The summed E-state index contributed by atoms with van der Waals surface area (Å²) in [5, 5.41) is 2.48. The molecular weight excluding hydrogens is 226 g/mol. The highest BCUT2D eigenvalue weighted by Gasteiger charge is 2.07. The molecule has 1 aromatic heterocycles. The van der Waals surface area contributed by atoms with E-state index in [0.29, 0.717) is 6.54 Å². The van der Waals surface area contributed by atoms with Crippen molar-refractivity contribution in [3.63, 3.8) is 0 Å². The van der Waals surface area contributed by atoms with E-state index in [4.69, 9.17) is 11.6 Å². The lowest BCUT2D eigenvalue weighted by Gasteiger charge is -2.04. The average Bonchev–Trinajstić information content (AvgIpc) is 2.47. The van der Waals surface area contributed by atoms with Gasteiger partial charge in [-0.2, -0.15) is 12.6 Å². The zero-order chi connectivity index (χ0) is 9.84. The molecule has 5 heteroatoms. The molecule has 13 heavy (non-hydrogen) atoms. The molecule has 0 saturated heterocycles. The van der Waals surface area contributed by atoms with Crippen LogP contribution in [0, 0.1) is 0 Å². The van der Waals surface area contributed by atoms with Crippen LogP contribution in [0.15, 0.2) is 12.1 Å². The largest absolute Gasteiger partial charge is 0.350 e. The summed E-state index contributed by atoms with van der Waals surface area (Å²) < 4.78 is 0.739. The molecule has 1 heterocycles. The lowest BCUT2D eigenvalue weighted by Crippen LogP contribution is -2.28. The molecule has 0 bridgehead atoms. The van der Waals surface area contributed by atoms with Gasteiger partial charge < -0.3 is 5.32 Å². The number of hydrogen-bond donors (Lipinski definition) is 2. The SMILES string of the molecule is CC(S)C(=O)NCc1ccc(Cl)s1. The van der Waals surface area contributed by atoms with Crippen molar-refractivity contribution < 1.29 is 4.79 Å². The Morgan fingerprint density at radius 2 is 2.46 bits per heavy atom. The molecule has 1 aromatic rings. The summed E-state index contributed by atoms with van der Waals surface area (Å²) in [6.07, 6.45) is 0. The minimum absolute atomic E-state index is 0.0622. The van der Waals surface area contributed by atoms with Crippen molar-refractivity contribution in [1.82, 2.24) is 5.32 Å². The van der Waals surface area contributed by atoms with Crippen LogP contribution in [0.1, 0.15) is 11.8 Å². The maximum absolute atomic E-state index is 11.1. The van der Waals surface area contributed by atoms with E-state index in [-0.39, 0.29) is 11.2 Å². The van der Waals surface area contributed by atoms with Gasteiger partial charge in [0, 0.05) is 4.88 Å². The third-order valence-electron chi connectivity index (χ3n) is 1.45. The molecule has 1 unspecified atom stereocenters. The van der Waals surface area contributed by atoms with Crippen LogP contribution < -0.4 is 5.32 Å². The Kier molecular flexibility index (Phi) is 4.09. The molecule has 0 aliphatic rings. The highest BCUT2D eigenvalue weighted by atomic mass is 35.5. The smallest absolute Gasteiger partial charge is 0.232 e. The molecule has 0 aliphatic heterocycles. The highest BCUT2D eigenvalue weighted by Crippen LogP contribution is 2.20. The molecule has 0 saturated carbocycles. The zero-order valence-corrected chi connectivity index (χ0v) is 9.55. The van der Waals surface area contributed by atoms with Gasteiger partial charge in [0.05, 0.1) is 16.1 Å². The summed E-state index contributed by atoms with van der Waals surface area (Å²) in [7, 11) is 0. The van der Waals surface area contributed by atoms with Crippen LogP contribution in [0.4, 0.5) is 0 Å². The van der Waals surface area contributed by atoms with Gasteiger partial charge in [0.2, 0.25) is 5.91 Å². The summed E-state index contributed by atoms with van der Waals surface area (Å²) in [5.74, 6) is -0.0622. The van der Waals surface area contributed by atoms with Crippen molar-refractivity contribution in [2.24, 2.45) is 0 Å². The van der Waals surface area contributed by atoms with E-state index >= 15 is 0 Å². The van der Waals surface area contributed by atoms with E-state index in [1.54, 1.807) is 6.92 Å². The predicted molar refractivity (Wildman–Crippen MR) is 59.6 cm³/mol. The minimum Gasteiger partial charge on any atom is -0.350 e. The second-order valence-electron chi connectivity index (χ2n) is 2.60. The second-order valence-corrected chi connectivity index (χ2v) is 5.17. The minimum atomic E-state index is -0.268. The first-order valence-corrected chi connectivity index (χ1v) is 5.50. The van der Waals surface area contributed by atoms with Gasteiger partial charge in [0.1, 0.15) is 0 Å². The second kappa shape index (κ2) is 4.88. The number of carbonyl (C=O) groups is 1. The van der Waals surface area contributed by atoms with Crippen molar-refractivity contribution in [3.05, 3.63) is 21.3 Å². The van der Waals surface area contributed by atoms with Crippen LogP contribution in [0.2, 0.25) is 4.34 Å². The predicted octanol–water partition coefficient (Wildman–Crippen LogP) is 2.34. The number of amides is 1. The third kappa shape index (κ3) is 3.58. The fourth-order valence-electron chi connectivity index (χ4n) is 0.769. The van der Waals surface area contributed by atoms with Crippen molar-refractivity contribution in [2.75, 3.05) is 0 Å². The fourth-order valence-corrected chi connectivity index (χ4v) is 1.89. The van der Waals surface area contributed by atoms with Crippen molar-refractivity contribution in [1.29, 1.82) is 0 Å². The molecule has 1 atom stereocenters. The summed E-state index contributed by atoms with van der Waals surface area (Å²) in [6.45, 7) is 2.26. The van der Waals surface area contributed by atoms with Crippen molar-refractivity contribution in [2.45, 2.75) is 18.7 Å². The summed E-state index contributed by atoms with van der Waals surface area (Å²) >= 11 is 11.2. The van der Waals surface area contributed by atoms with Crippen LogP contribution >= 0.6 is 35.6 Å². The molecule has 1 rings (SSSR count). The Balaban J connectivity index is 2.39. The average molecular weight is 236 g/mol. The van der Waals surface area contributed by atoms with Crippen molar-refractivity contribution >= 4 is 41.5 Å². The molecule has 2 nitrogen and oxygen atoms in total. The Labute approximate surface area is 91.7 Å². The van der Waals surface area contributed by atoms with Gasteiger partial charge >= 0.3 is 0 Å². The molecule has 0 aromatic carbocycles. The monoisotopic (exact) mass is 235 g/mol. The Hall–Kier alpha value is -0.190. The van der Waals surface area contributed by atoms with Gasteiger partial charge in [0.25, 0.3) is 0 Å².